The van der Waals surface area contributed by atoms with Crippen LogP contribution in [0, 0.1) is 23.5 Å². The number of aromatic amines is 1. The van der Waals surface area contributed by atoms with E-state index in [9.17, 15) is 23.2 Å². The first-order valence-electron chi connectivity index (χ1n) is 17.7. The van der Waals surface area contributed by atoms with Gasteiger partial charge in [0.25, 0.3) is 5.56 Å². The molecule has 0 bridgehead atoms. The first-order valence-corrected chi connectivity index (χ1v) is 18.7. The van der Waals surface area contributed by atoms with Crippen LogP contribution in [0.2, 0.25) is 0 Å². The number of likely N-dealkylation sites (tertiary alicyclic amines) is 1. The number of nitrogens with zero attached hydrogens (tertiary/aromatic N) is 2. The van der Waals surface area contributed by atoms with Gasteiger partial charge >= 0.3 is 0 Å². The van der Waals surface area contributed by atoms with Gasteiger partial charge in [-0.05, 0) is 88.1 Å². The molecule has 4 heterocycles. The van der Waals surface area contributed by atoms with Crippen LogP contribution in [0.4, 0.5) is 20.2 Å². The SMILES string of the molecule is O=C1CCC(Nc2ccc(NC3CC(CN4CCC(COc5cc(F)c6c(=O)[nH]c(CSC7CCOCC7)nc6c5)CC4)C3)c(F)c2)C(=O)N1. The van der Waals surface area contributed by atoms with Crippen molar-refractivity contribution in [3.63, 3.8) is 0 Å². The highest BCUT2D eigenvalue weighted by molar-refractivity contribution is 7.99. The average molecular weight is 711 g/mol. The lowest BCUT2D eigenvalue weighted by Crippen LogP contribution is -2.47. The van der Waals surface area contributed by atoms with E-state index in [1.165, 1.54) is 12.1 Å². The molecule has 1 unspecified atom stereocenters. The molecule has 1 aromatic heterocycles. The van der Waals surface area contributed by atoms with Crippen LogP contribution in [0.3, 0.4) is 0 Å². The maximum Gasteiger partial charge on any atom is 0.261 e. The molecule has 1 saturated carbocycles. The Morgan fingerprint density at radius 2 is 1.76 bits per heavy atom. The predicted octanol–water partition coefficient (Wildman–Crippen LogP) is 4.81. The molecule has 3 aromatic rings. The van der Waals surface area contributed by atoms with Gasteiger partial charge in [0.2, 0.25) is 11.8 Å². The summed E-state index contributed by atoms with van der Waals surface area (Å²) in [5, 5.41) is 9.07. The number of imide groups is 1. The van der Waals surface area contributed by atoms with Crippen LogP contribution >= 0.6 is 11.8 Å². The largest absolute Gasteiger partial charge is 0.493 e. The smallest absolute Gasteiger partial charge is 0.261 e. The number of aromatic nitrogens is 2. The molecule has 4 aliphatic rings. The number of benzene rings is 2. The van der Waals surface area contributed by atoms with Gasteiger partial charge in [0.1, 0.15) is 34.6 Å². The topological polar surface area (TPSA) is 138 Å². The number of rotatable bonds is 12. The summed E-state index contributed by atoms with van der Waals surface area (Å²) in [5.41, 5.74) is 0.800. The number of carbonyl (C=O) groups is 2. The first-order chi connectivity index (χ1) is 24.3. The molecular weight excluding hydrogens is 666 g/mol. The van der Waals surface area contributed by atoms with Gasteiger partial charge in [-0.1, -0.05) is 0 Å². The van der Waals surface area contributed by atoms with Crippen LogP contribution in [0.15, 0.2) is 35.1 Å². The van der Waals surface area contributed by atoms with Crippen molar-refractivity contribution in [1.29, 1.82) is 0 Å². The third kappa shape index (κ3) is 8.57. The van der Waals surface area contributed by atoms with Crippen molar-refractivity contribution in [3.8, 4) is 5.75 Å². The zero-order chi connectivity index (χ0) is 34.6. The molecule has 1 aliphatic carbocycles. The van der Waals surface area contributed by atoms with E-state index in [1.807, 2.05) is 0 Å². The molecule has 1 atom stereocenters. The minimum atomic E-state index is -0.625. The maximum atomic E-state index is 15.0. The standard InChI is InChI=1S/C36H44F2N6O5S/c37-27-15-23(39-30-3-4-33(45)43-35(30)46)1-2-29(27)40-24-13-22(14-24)18-44-9-5-21(6-10-44)19-49-25-16-28(38)34-31(17-25)41-32(42-36(34)47)20-50-26-7-11-48-12-8-26/h1-2,15-17,21-22,24,26,30,39-40H,3-14,18-20H2,(H,41,42,47)(H,43,45,46). The van der Waals surface area contributed by atoms with E-state index < -0.39 is 17.4 Å². The summed E-state index contributed by atoms with van der Waals surface area (Å²) in [5.74, 6) is 0.717. The number of halogens is 2. The van der Waals surface area contributed by atoms with Gasteiger partial charge < -0.3 is 30.0 Å². The molecule has 3 aliphatic heterocycles. The fraction of sp³-hybridized carbons (Fsp3) is 0.556. The molecule has 2 amide bonds. The van der Waals surface area contributed by atoms with Gasteiger partial charge in [-0.3, -0.25) is 19.7 Å². The quantitative estimate of drug-likeness (QED) is 0.194. The van der Waals surface area contributed by atoms with E-state index in [-0.39, 0.29) is 35.5 Å². The van der Waals surface area contributed by atoms with E-state index >= 15 is 0 Å². The Morgan fingerprint density at radius 3 is 2.52 bits per heavy atom. The minimum absolute atomic E-state index is 0.0405. The summed E-state index contributed by atoms with van der Waals surface area (Å²) < 4.78 is 41.3. The second-order valence-corrected chi connectivity index (χ2v) is 15.3. The third-order valence-corrected chi connectivity index (χ3v) is 11.6. The monoisotopic (exact) mass is 710 g/mol. The number of nitrogens with one attached hydrogen (secondary N) is 4. The van der Waals surface area contributed by atoms with Gasteiger partial charge in [0.15, 0.2) is 0 Å². The predicted molar refractivity (Wildman–Crippen MR) is 188 cm³/mol. The lowest BCUT2D eigenvalue weighted by molar-refractivity contribution is -0.133. The van der Waals surface area contributed by atoms with Crippen molar-refractivity contribution < 1.29 is 27.8 Å². The number of hydrogen-bond acceptors (Lipinski definition) is 10. The Balaban J connectivity index is 0.826. The second kappa shape index (κ2) is 15.6. The van der Waals surface area contributed by atoms with Crippen molar-refractivity contribution in [3.05, 3.63) is 58.1 Å². The summed E-state index contributed by atoms with van der Waals surface area (Å²) in [4.78, 5) is 45.8. The van der Waals surface area contributed by atoms with E-state index in [2.05, 4.69) is 30.8 Å². The van der Waals surface area contributed by atoms with E-state index in [4.69, 9.17) is 9.47 Å². The Labute approximate surface area is 293 Å². The van der Waals surface area contributed by atoms with Crippen LogP contribution in [0.5, 0.6) is 5.75 Å². The van der Waals surface area contributed by atoms with Crippen molar-refractivity contribution >= 4 is 45.9 Å². The fourth-order valence-corrected chi connectivity index (χ4v) is 8.39. The van der Waals surface area contributed by atoms with E-state index in [0.29, 0.717) is 64.3 Å². The zero-order valence-electron chi connectivity index (χ0n) is 28.0. The highest BCUT2D eigenvalue weighted by Crippen LogP contribution is 2.34. The number of ether oxygens (including phenoxy) is 2. The number of H-pyrrole nitrogens is 1. The molecule has 2 aromatic carbocycles. The Morgan fingerprint density at radius 1 is 0.960 bits per heavy atom. The summed E-state index contributed by atoms with van der Waals surface area (Å²) in [6, 6.07) is 7.44. The van der Waals surface area contributed by atoms with Crippen LogP contribution < -0.4 is 26.2 Å². The third-order valence-electron chi connectivity index (χ3n) is 10.3. The molecule has 3 saturated heterocycles. The number of piperidine rings is 2. The normalized spacial score (nSPS) is 23.8. The highest BCUT2D eigenvalue weighted by Gasteiger charge is 2.32. The van der Waals surface area contributed by atoms with Crippen molar-refractivity contribution in [2.75, 3.05) is 50.1 Å². The number of fused-ring (bicyclic) bond motifs is 1. The van der Waals surface area contributed by atoms with Crippen molar-refractivity contribution in [1.82, 2.24) is 20.2 Å². The molecular formula is C36H44F2N6O5S. The van der Waals surface area contributed by atoms with Gasteiger partial charge in [0.05, 0.1) is 23.6 Å². The fourth-order valence-electron chi connectivity index (χ4n) is 7.33. The lowest BCUT2D eigenvalue weighted by atomic mass is 9.79. The van der Waals surface area contributed by atoms with Gasteiger partial charge in [-0.15, -0.1) is 0 Å². The van der Waals surface area contributed by atoms with Crippen LogP contribution in [0.25, 0.3) is 10.9 Å². The number of anilines is 2. The molecule has 268 valence electrons. The number of carbonyl (C=O) groups excluding carboxylic acids is 2. The Kier molecular flexibility index (Phi) is 10.9. The highest BCUT2D eigenvalue weighted by atomic mass is 32.2. The first kappa shape index (κ1) is 34.7. The van der Waals surface area contributed by atoms with Gasteiger partial charge in [0, 0.05) is 55.3 Å². The average Bonchev–Trinajstić information content (AvgIpc) is 3.08. The van der Waals surface area contributed by atoms with Gasteiger partial charge in [-0.25, -0.2) is 13.8 Å². The zero-order valence-corrected chi connectivity index (χ0v) is 28.8. The lowest BCUT2D eigenvalue weighted by Gasteiger charge is -2.41. The molecule has 0 radical (unpaired) electrons. The number of thioether (sulfide) groups is 1. The van der Waals surface area contributed by atoms with Crippen molar-refractivity contribution in [2.45, 2.75) is 74.5 Å². The Hall–Kier alpha value is -3.75. The van der Waals surface area contributed by atoms with E-state index in [1.54, 1.807) is 30.0 Å². The number of amides is 2. The molecule has 4 fully saturated rings. The van der Waals surface area contributed by atoms with Crippen LogP contribution in [-0.2, 0) is 20.1 Å². The minimum Gasteiger partial charge on any atom is -0.493 e. The maximum absolute atomic E-state index is 15.0. The summed E-state index contributed by atoms with van der Waals surface area (Å²) in [6.45, 7) is 4.93. The van der Waals surface area contributed by atoms with Gasteiger partial charge in [-0.2, -0.15) is 11.8 Å². The molecule has 4 N–H and O–H groups in total. The van der Waals surface area contributed by atoms with E-state index in [0.717, 1.165) is 71.4 Å². The summed E-state index contributed by atoms with van der Waals surface area (Å²) >= 11 is 1.74. The van der Waals surface area contributed by atoms with Crippen LogP contribution in [0.1, 0.15) is 57.2 Å². The molecule has 14 heteroatoms. The van der Waals surface area contributed by atoms with Crippen molar-refractivity contribution in [2.24, 2.45) is 11.8 Å². The molecule has 50 heavy (non-hydrogen) atoms. The molecule has 7 rings (SSSR count). The van der Waals surface area contributed by atoms with Crippen LogP contribution in [-0.4, -0.2) is 83.5 Å². The molecule has 11 nitrogen and oxygen atoms in total. The molecule has 0 spiro atoms. The number of hydrogen-bond donors (Lipinski definition) is 4. The summed E-state index contributed by atoms with van der Waals surface area (Å²) in [7, 11) is 0. The summed E-state index contributed by atoms with van der Waals surface area (Å²) in [6.07, 6.45) is 6.51. The Bertz CT molecular complexity index is 1760. The second-order valence-electron chi connectivity index (χ2n) is 14.0.